The molecule has 0 saturated heterocycles. The van der Waals surface area contributed by atoms with E-state index in [2.05, 4.69) is 24.6 Å². The van der Waals surface area contributed by atoms with Crippen molar-refractivity contribution < 1.29 is 16.8 Å². The van der Waals surface area contributed by atoms with Gasteiger partial charge in [0, 0.05) is 52.9 Å². The Morgan fingerprint density at radius 3 is 1.65 bits per heavy atom. The zero-order chi connectivity index (χ0) is 32.0. The van der Waals surface area contributed by atoms with Crippen molar-refractivity contribution in [3.8, 4) is 0 Å². The van der Waals surface area contributed by atoms with Gasteiger partial charge in [0.15, 0.2) is 0 Å². The van der Waals surface area contributed by atoms with E-state index in [9.17, 15) is 16.8 Å². The molecule has 13 heteroatoms. The van der Waals surface area contributed by atoms with Crippen molar-refractivity contribution in [3.05, 3.63) is 48.0 Å². The number of rotatable bonds is 21. The van der Waals surface area contributed by atoms with Crippen LogP contribution in [-0.4, -0.2) is 118 Å². The molecule has 0 unspecified atom stereocenters. The molecule has 0 radical (unpaired) electrons. The zero-order valence-corrected chi connectivity index (χ0v) is 28.7. The van der Waals surface area contributed by atoms with Gasteiger partial charge in [-0.3, -0.25) is 0 Å². The maximum Gasteiger partial charge on any atom is 0.242 e. The van der Waals surface area contributed by atoms with Crippen LogP contribution in [0.15, 0.2) is 52.3 Å². The molecular weight excluding hydrogens is 587 g/mol. The lowest BCUT2D eigenvalue weighted by Gasteiger charge is -2.26. The molecule has 0 saturated carbocycles. The van der Waals surface area contributed by atoms with Crippen molar-refractivity contribution in [1.29, 1.82) is 0 Å². The largest absolute Gasteiger partial charge is 0.383 e. The summed E-state index contributed by atoms with van der Waals surface area (Å²) in [5.41, 5.74) is 1.77. The van der Waals surface area contributed by atoms with Crippen molar-refractivity contribution >= 4 is 31.4 Å². The smallest absolute Gasteiger partial charge is 0.242 e. The monoisotopic (exact) mass is 639 g/mol. The number of benzene rings is 2. The van der Waals surface area contributed by atoms with Crippen LogP contribution in [0.25, 0.3) is 0 Å². The molecule has 0 bridgehead atoms. The second-order valence-corrected chi connectivity index (χ2v) is 14.2. The summed E-state index contributed by atoms with van der Waals surface area (Å²) in [5, 5.41) is 3.26. The molecule has 0 atom stereocenters. The SMILES string of the molecule is CCN(CC)CCNS(=O)(=O)c1cc(S(=O)(=O)NCCN(CC)CC)c(N(C)Cc2ccccc2)cc1NCCN(C)C. The molecule has 2 aromatic carbocycles. The van der Waals surface area contributed by atoms with Gasteiger partial charge in [0.1, 0.15) is 9.79 Å². The summed E-state index contributed by atoms with van der Waals surface area (Å²) in [6.45, 7) is 14.4. The van der Waals surface area contributed by atoms with Gasteiger partial charge in [0.25, 0.3) is 0 Å². The van der Waals surface area contributed by atoms with Crippen LogP contribution >= 0.6 is 0 Å². The number of likely N-dealkylation sites (N-methyl/N-ethyl adjacent to an activating group) is 3. The standard InChI is InChI=1S/C30H53N7O4S2/c1-8-36(9-2)21-18-32-42(38,39)29-24-30(43(40,41)33-19-22-37(10-3)11-4)28(23-27(29)31-17-20-34(5)6)35(7)25-26-15-13-12-14-16-26/h12-16,23-24,31-33H,8-11,17-22,25H2,1-7H3. The predicted octanol–water partition coefficient (Wildman–Crippen LogP) is 2.54. The summed E-state index contributed by atoms with van der Waals surface area (Å²) in [7, 11) is -2.43. The van der Waals surface area contributed by atoms with Crippen LogP contribution in [0.5, 0.6) is 0 Å². The van der Waals surface area contributed by atoms with Crippen LogP contribution in [0.4, 0.5) is 11.4 Å². The van der Waals surface area contributed by atoms with Gasteiger partial charge in [-0.1, -0.05) is 58.0 Å². The van der Waals surface area contributed by atoms with Crippen molar-refractivity contribution in [1.82, 2.24) is 24.1 Å². The fourth-order valence-electron chi connectivity index (χ4n) is 4.69. The molecule has 0 amide bonds. The Balaban J connectivity index is 2.61. The van der Waals surface area contributed by atoms with E-state index in [4.69, 9.17) is 0 Å². The van der Waals surface area contributed by atoms with Crippen LogP contribution in [0.2, 0.25) is 0 Å². The predicted molar refractivity (Wildman–Crippen MR) is 178 cm³/mol. The Morgan fingerprint density at radius 1 is 0.651 bits per heavy atom. The van der Waals surface area contributed by atoms with Gasteiger partial charge in [-0.15, -0.1) is 0 Å². The second kappa shape index (κ2) is 17.9. The van der Waals surface area contributed by atoms with Crippen molar-refractivity contribution in [2.24, 2.45) is 0 Å². The third kappa shape index (κ3) is 11.6. The average molecular weight is 640 g/mol. The average Bonchev–Trinajstić information content (AvgIpc) is 2.97. The van der Waals surface area contributed by atoms with E-state index in [0.29, 0.717) is 44.1 Å². The molecule has 0 aliphatic rings. The Morgan fingerprint density at radius 2 is 1.16 bits per heavy atom. The number of nitrogens with zero attached hydrogens (tertiary/aromatic N) is 4. The molecule has 0 aliphatic heterocycles. The normalized spacial score (nSPS) is 12.4. The number of anilines is 2. The van der Waals surface area contributed by atoms with Crippen LogP contribution in [-0.2, 0) is 26.6 Å². The summed E-state index contributed by atoms with van der Waals surface area (Å²) in [5.74, 6) is 0. The first-order chi connectivity index (χ1) is 20.4. The Labute approximate surface area is 260 Å². The topological polar surface area (TPSA) is 117 Å². The highest BCUT2D eigenvalue weighted by molar-refractivity contribution is 7.90. The molecule has 2 aromatic rings. The first-order valence-corrected chi connectivity index (χ1v) is 18.1. The van der Waals surface area contributed by atoms with Crippen molar-refractivity contribution in [3.63, 3.8) is 0 Å². The van der Waals surface area contributed by atoms with E-state index in [1.54, 1.807) is 6.07 Å². The fraction of sp³-hybridized carbons (Fsp3) is 0.600. The van der Waals surface area contributed by atoms with E-state index in [1.807, 2.05) is 89.0 Å². The summed E-state index contributed by atoms with van der Waals surface area (Å²) in [6, 6.07) is 12.7. The van der Waals surface area contributed by atoms with Gasteiger partial charge in [-0.05, 0) is 58.0 Å². The summed E-state index contributed by atoms with van der Waals surface area (Å²) < 4.78 is 60.5. The van der Waals surface area contributed by atoms with Gasteiger partial charge in [0.05, 0.1) is 11.4 Å². The minimum absolute atomic E-state index is 0.0762. The lowest BCUT2D eigenvalue weighted by atomic mass is 10.2. The van der Waals surface area contributed by atoms with Gasteiger partial charge < -0.3 is 24.9 Å². The van der Waals surface area contributed by atoms with Gasteiger partial charge in [-0.2, -0.15) is 0 Å². The van der Waals surface area contributed by atoms with E-state index >= 15 is 0 Å². The molecule has 0 aliphatic carbocycles. The number of nitrogens with one attached hydrogen (secondary N) is 3. The van der Waals surface area contributed by atoms with Crippen LogP contribution in [0.3, 0.4) is 0 Å². The van der Waals surface area contributed by atoms with Crippen LogP contribution < -0.4 is 19.7 Å². The summed E-state index contributed by atoms with van der Waals surface area (Å²) in [4.78, 5) is 7.91. The van der Waals surface area contributed by atoms with E-state index in [-0.39, 0.29) is 22.9 Å². The molecule has 0 heterocycles. The number of hydrogen-bond donors (Lipinski definition) is 3. The minimum atomic E-state index is -4.07. The molecule has 2 rings (SSSR count). The molecular formula is C30H53N7O4S2. The summed E-state index contributed by atoms with van der Waals surface area (Å²) in [6.07, 6.45) is 0. The maximum absolute atomic E-state index is 13.8. The molecule has 244 valence electrons. The lowest BCUT2D eigenvalue weighted by molar-refractivity contribution is 0.309. The van der Waals surface area contributed by atoms with Crippen molar-refractivity contribution in [2.75, 3.05) is 96.8 Å². The Bertz CT molecular complexity index is 1320. The minimum Gasteiger partial charge on any atom is -0.383 e. The first-order valence-electron chi connectivity index (χ1n) is 15.1. The van der Waals surface area contributed by atoms with E-state index in [1.165, 1.54) is 6.07 Å². The van der Waals surface area contributed by atoms with Crippen LogP contribution in [0, 0.1) is 0 Å². The third-order valence-electron chi connectivity index (χ3n) is 7.42. The highest BCUT2D eigenvalue weighted by Crippen LogP contribution is 2.34. The maximum atomic E-state index is 13.8. The highest BCUT2D eigenvalue weighted by Gasteiger charge is 2.28. The van der Waals surface area contributed by atoms with Gasteiger partial charge >= 0.3 is 0 Å². The first kappa shape index (κ1) is 36.9. The van der Waals surface area contributed by atoms with Gasteiger partial charge in [0.2, 0.25) is 20.0 Å². The Hall–Kier alpha value is -2.26. The number of sulfonamides is 2. The number of hydrogen-bond acceptors (Lipinski definition) is 9. The fourth-order valence-corrected chi connectivity index (χ4v) is 7.25. The Kier molecular flexibility index (Phi) is 15.4. The van der Waals surface area contributed by atoms with E-state index in [0.717, 1.165) is 31.7 Å². The molecule has 0 aromatic heterocycles. The van der Waals surface area contributed by atoms with E-state index < -0.39 is 20.0 Å². The quantitative estimate of drug-likeness (QED) is 0.190. The second-order valence-electron chi connectivity index (χ2n) is 10.7. The lowest BCUT2D eigenvalue weighted by Crippen LogP contribution is -2.36. The molecule has 3 N–H and O–H groups in total. The van der Waals surface area contributed by atoms with Crippen LogP contribution in [0.1, 0.15) is 33.3 Å². The van der Waals surface area contributed by atoms with Gasteiger partial charge in [-0.25, -0.2) is 26.3 Å². The molecule has 11 nitrogen and oxygen atoms in total. The molecule has 0 fully saturated rings. The van der Waals surface area contributed by atoms with Crippen molar-refractivity contribution in [2.45, 2.75) is 44.0 Å². The molecule has 43 heavy (non-hydrogen) atoms. The summed E-state index contributed by atoms with van der Waals surface area (Å²) >= 11 is 0. The zero-order valence-electron chi connectivity index (χ0n) is 27.1. The molecule has 0 spiro atoms. The third-order valence-corrected chi connectivity index (χ3v) is 10.4. The highest BCUT2D eigenvalue weighted by atomic mass is 32.2.